The quantitative estimate of drug-likeness (QED) is 0.809. The van der Waals surface area contributed by atoms with Crippen LogP contribution >= 0.6 is 0 Å². The van der Waals surface area contributed by atoms with Gasteiger partial charge in [-0.05, 0) is 32.9 Å². The number of nitrogens with two attached hydrogens (primary N) is 1. The Morgan fingerprint density at radius 2 is 2.00 bits per heavy atom. The van der Waals surface area contributed by atoms with Crippen LogP contribution in [0.4, 0.5) is 5.69 Å². The van der Waals surface area contributed by atoms with E-state index in [4.69, 9.17) is 15.2 Å². The molecule has 5 nitrogen and oxygen atoms in total. The Bertz CT molecular complexity index is 405. The summed E-state index contributed by atoms with van der Waals surface area (Å²) in [6.07, 6.45) is 0. The molecule has 3 N–H and O–H groups in total. The van der Waals surface area contributed by atoms with E-state index < -0.39 is 6.04 Å². The Morgan fingerprint density at radius 3 is 2.56 bits per heavy atom. The predicted octanol–water partition coefficient (Wildman–Crippen LogP) is 1.77. The summed E-state index contributed by atoms with van der Waals surface area (Å²) in [5.74, 6) is 1.03. The van der Waals surface area contributed by atoms with Crippen molar-refractivity contribution < 1.29 is 14.3 Å². The van der Waals surface area contributed by atoms with Crippen molar-refractivity contribution in [3.8, 4) is 11.5 Å². The number of carbonyl (C=O) groups is 1. The topological polar surface area (TPSA) is 73.6 Å². The maximum atomic E-state index is 11.6. The second-order valence-electron chi connectivity index (χ2n) is 3.80. The van der Waals surface area contributed by atoms with Crippen LogP contribution in [0.15, 0.2) is 18.2 Å². The molecule has 1 atom stereocenters. The van der Waals surface area contributed by atoms with E-state index in [2.05, 4.69) is 5.32 Å². The maximum Gasteiger partial charge on any atom is 0.241 e. The van der Waals surface area contributed by atoms with Crippen molar-refractivity contribution in [3.63, 3.8) is 0 Å². The smallest absolute Gasteiger partial charge is 0.241 e. The Hall–Kier alpha value is -1.75. The molecule has 0 radical (unpaired) electrons. The zero-order valence-electron chi connectivity index (χ0n) is 11.0. The summed E-state index contributed by atoms with van der Waals surface area (Å²) in [4.78, 5) is 11.6. The maximum absolute atomic E-state index is 11.6. The third-order valence-corrected chi connectivity index (χ3v) is 2.23. The minimum absolute atomic E-state index is 0.260. The van der Waals surface area contributed by atoms with Gasteiger partial charge < -0.3 is 20.5 Å². The van der Waals surface area contributed by atoms with Gasteiger partial charge in [-0.1, -0.05) is 0 Å². The van der Waals surface area contributed by atoms with Gasteiger partial charge in [-0.25, -0.2) is 0 Å². The molecule has 0 aliphatic carbocycles. The highest BCUT2D eigenvalue weighted by Gasteiger charge is 2.12. The van der Waals surface area contributed by atoms with Gasteiger partial charge in [-0.2, -0.15) is 0 Å². The highest BCUT2D eigenvalue weighted by atomic mass is 16.5. The summed E-state index contributed by atoms with van der Waals surface area (Å²) in [6, 6.07) is 4.73. The summed E-state index contributed by atoms with van der Waals surface area (Å²) in [5.41, 5.74) is 6.09. The minimum Gasteiger partial charge on any atom is -0.494 e. The molecular weight excluding hydrogens is 232 g/mol. The normalized spacial score (nSPS) is 11.8. The second kappa shape index (κ2) is 6.86. The van der Waals surface area contributed by atoms with E-state index in [9.17, 15) is 4.79 Å². The zero-order valence-corrected chi connectivity index (χ0v) is 11.0. The first kappa shape index (κ1) is 14.3. The molecule has 5 heteroatoms. The van der Waals surface area contributed by atoms with E-state index in [0.29, 0.717) is 30.4 Å². The van der Waals surface area contributed by atoms with Gasteiger partial charge in [0.25, 0.3) is 0 Å². The van der Waals surface area contributed by atoms with Gasteiger partial charge in [-0.3, -0.25) is 4.79 Å². The molecule has 1 aromatic carbocycles. The molecule has 1 amide bonds. The van der Waals surface area contributed by atoms with Crippen molar-refractivity contribution in [2.24, 2.45) is 5.73 Å². The summed E-state index contributed by atoms with van der Waals surface area (Å²) < 4.78 is 10.8. The Morgan fingerprint density at radius 1 is 1.33 bits per heavy atom. The third-order valence-electron chi connectivity index (χ3n) is 2.23. The van der Waals surface area contributed by atoms with Gasteiger partial charge in [0.2, 0.25) is 5.91 Å². The molecule has 100 valence electrons. The van der Waals surface area contributed by atoms with Gasteiger partial charge in [0.15, 0.2) is 0 Å². The number of amides is 1. The monoisotopic (exact) mass is 252 g/mol. The lowest BCUT2D eigenvalue weighted by molar-refractivity contribution is -0.117. The average molecular weight is 252 g/mol. The predicted molar refractivity (Wildman–Crippen MR) is 71.1 cm³/mol. The van der Waals surface area contributed by atoms with Crippen LogP contribution in [0, 0.1) is 0 Å². The average Bonchev–Trinajstić information content (AvgIpc) is 2.33. The van der Waals surface area contributed by atoms with Gasteiger partial charge in [0, 0.05) is 6.07 Å². The largest absolute Gasteiger partial charge is 0.494 e. The first-order valence-corrected chi connectivity index (χ1v) is 6.04. The first-order valence-electron chi connectivity index (χ1n) is 6.04. The third kappa shape index (κ3) is 3.92. The Kier molecular flexibility index (Phi) is 5.45. The molecule has 0 spiro atoms. The molecule has 1 unspecified atom stereocenters. The highest BCUT2D eigenvalue weighted by Crippen LogP contribution is 2.29. The lowest BCUT2D eigenvalue weighted by Crippen LogP contribution is -2.32. The number of nitrogens with one attached hydrogen (secondary N) is 1. The van der Waals surface area contributed by atoms with Gasteiger partial charge in [0.05, 0.1) is 24.9 Å². The number of carbonyl (C=O) groups excluding carboxylic acids is 1. The van der Waals surface area contributed by atoms with Crippen LogP contribution in [-0.2, 0) is 4.79 Å². The van der Waals surface area contributed by atoms with E-state index in [1.165, 1.54) is 0 Å². The van der Waals surface area contributed by atoms with E-state index in [1.54, 1.807) is 25.1 Å². The van der Waals surface area contributed by atoms with Crippen LogP contribution < -0.4 is 20.5 Å². The Balaban J connectivity index is 2.95. The number of anilines is 1. The number of ether oxygens (including phenoxy) is 2. The van der Waals surface area contributed by atoms with Crippen molar-refractivity contribution in [1.29, 1.82) is 0 Å². The molecule has 0 saturated carbocycles. The van der Waals surface area contributed by atoms with Crippen LogP contribution in [0.2, 0.25) is 0 Å². The SMILES string of the molecule is CCOc1ccc(OCC)c(NC(=O)C(C)N)c1. The fourth-order valence-corrected chi connectivity index (χ4v) is 1.39. The molecule has 18 heavy (non-hydrogen) atoms. The summed E-state index contributed by atoms with van der Waals surface area (Å²) in [7, 11) is 0. The van der Waals surface area contributed by atoms with E-state index in [-0.39, 0.29) is 5.91 Å². The van der Waals surface area contributed by atoms with Gasteiger partial charge in [0.1, 0.15) is 11.5 Å². The number of rotatable bonds is 6. The van der Waals surface area contributed by atoms with Crippen LogP contribution in [0.3, 0.4) is 0 Å². The lowest BCUT2D eigenvalue weighted by Gasteiger charge is -2.14. The van der Waals surface area contributed by atoms with Crippen molar-refractivity contribution in [3.05, 3.63) is 18.2 Å². The van der Waals surface area contributed by atoms with Crippen LogP contribution in [-0.4, -0.2) is 25.2 Å². The Labute approximate surface area is 107 Å². The first-order chi connectivity index (χ1) is 8.58. The van der Waals surface area contributed by atoms with Crippen LogP contribution in [0.25, 0.3) is 0 Å². The van der Waals surface area contributed by atoms with Crippen LogP contribution in [0.5, 0.6) is 11.5 Å². The zero-order chi connectivity index (χ0) is 13.5. The minimum atomic E-state index is -0.574. The fraction of sp³-hybridized carbons (Fsp3) is 0.462. The van der Waals surface area contributed by atoms with E-state index >= 15 is 0 Å². The number of hydrogen-bond donors (Lipinski definition) is 2. The molecule has 0 saturated heterocycles. The van der Waals surface area contributed by atoms with Crippen molar-refractivity contribution in [1.82, 2.24) is 0 Å². The van der Waals surface area contributed by atoms with Crippen LogP contribution in [0.1, 0.15) is 20.8 Å². The molecule has 0 bridgehead atoms. The molecular formula is C13H20N2O3. The van der Waals surface area contributed by atoms with Gasteiger partial charge in [-0.15, -0.1) is 0 Å². The van der Waals surface area contributed by atoms with Crippen molar-refractivity contribution in [2.45, 2.75) is 26.8 Å². The van der Waals surface area contributed by atoms with Crippen molar-refractivity contribution >= 4 is 11.6 Å². The molecule has 1 rings (SSSR count). The molecule has 0 aromatic heterocycles. The molecule has 0 heterocycles. The highest BCUT2D eigenvalue weighted by molar-refractivity contribution is 5.95. The molecule has 1 aromatic rings. The standard InChI is InChI=1S/C13H20N2O3/c1-4-17-10-6-7-12(18-5-2)11(8-10)15-13(16)9(3)14/h6-9H,4-5,14H2,1-3H3,(H,15,16). The number of hydrogen-bond acceptors (Lipinski definition) is 4. The van der Waals surface area contributed by atoms with Crippen molar-refractivity contribution in [2.75, 3.05) is 18.5 Å². The fourth-order valence-electron chi connectivity index (χ4n) is 1.39. The summed E-state index contributed by atoms with van der Waals surface area (Å²) >= 11 is 0. The molecule has 0 aliphatic rings. The lowest BCUT2D eigenvalue weighted by atomic mass is 10.2. The van der Waals surface area contributed by atoms with Gasteiger partial charge >= 0.3 is 0 Å². The van der Waals surface area contributed by atoms with E-state index in [1.807, 2.05) is 13.8 Å². The van der Waals surface area contributed by atoms with E-state index in [0.717, 1.165) is 0 Å². The second-order valence-corrected chi connectivity index (χ2v) is 3.80. The summed E-state index contributed by atoms with van der Waals surface area (Å²) in [5, 5.41) is 2.72. The summed E-state index contributed by atoms with van der Waals surface area (Å²) in [6.45, 7) is 6.50. The molecule has 0 aliphatic heterocycles. The molecule has 0 fully saturated rings. The number of benzene rings is 1.